The maximum Gasteiger partial charge on any atom is 0.213 e. The number of fused-ring (bicyclic) bond motifs is 1. The van der Waals surface area contributed by atoms with Crippen LogP contribution in [0.1, 0.15) is 5.82 Å². The topological polar surface area (TPSA) is 82.8 Å². The zero-order valence-corrected chi connectivity index (χ0v) is 9.42. The minimum absolute atomic E-state index is 0.395. The minimum Gasteiger partial charge on any atom is -0.369 e. The largest absolute Gasteiger partial charge is 0.369 e. The van der Waals surface area contributed by atoms with Crippen LogP contribution in [-0.4, -0.2) is 19.7 Å². The Morgan fingerprint density at radius 2 is 2.29 bits per heavy atom. The summed E-state index contributed by atoms with van der Waals surface area (Å²) in [5, 5.41) is 4.37. The van der Waals surface area contributed by atoms with Crippen molar-refractivity contribution >= 4 is 28.6 Å². The number of nitrogens with zero attached hydrogens (tertiary/aromatic N) is 4. The Balaban J connectivity index is 2.12. The maximum absolute atomic E-state index is 5.89. The number of halogens is 1. The average Bonchev–Trinajstić information content (AvgIpc) is 2.88. The Kier molecular flexibility index (Phi) is 2.22. The highest BCUT2D eigenvalue weighted by atomic mass is 35.5. The van der Waals surface area contributed by atoms with Crippen LogP contribution < -0.4 is 5.73 Å². The molecule has 86 valence electrons. The van der Waals surface area contributed by atoms with E-state index in [1.165, 1.54) is 6.39 Å². The lowest BCUT2D eigenvalue weighted by molar-refractivity contribution is 0.408. The van der Waals surface area contributed by atoms with Crippen molar-refractivity contribution in [3.63, 3.8) is 0 Å². The fourth-order valence-electron chi connectivity index (χ4n) is 1.69. The first-order chi connectivity index (χ1) is 8.24. The molecule has 0 bridgehead atoms. The molecule has 1 aromatic carbocycles. The molecule has 2 heterocycles. The van der Waals surface area contributed by atoms with Crippen LogP contribution in [0.2, 0.25) is 5.02 Å². The van der Waals surface area contributed by atoms with E-state index in [1.807, 2.05) is 6.07 Å². The van der Waals surface area contributed by atoms with Gasteiger partial charge in [0.25, 0.3) is 0 Å². The van der Waals surface area contributed by atoms with Crippen LogP contribution in [0.25, 0.3) is 11.0 Å². The van der Waals surface area contributed by atoms with Crippen LogP contribution in [0, 0.1) is 0 Å². The zero-order valence-electron chi connectivity index (χ0n) is 8.67. The number of aromatic nitrogens is 4. The molecule has 0 unspecified atom stereocenters. The summed E-state index contributed by atoms with van der Waals surface area (Å²) >= 11 is 5.89. The molecule has 0 aliphatic carbocycles. The Hall–Kier alpha value is -2.08. The number of nitrogen functional groups attached to an aromatic ring is 1. The second-order valence-electron chi connectivity index (χ2n) is 3.54. The lowest BCUT2D eigenvalue weighted by Crippen LogP contribution is -2.05. The third-order valence-electron chi connectivity index (χ3n) is 2.45. The average molecular weight is 250 g/mol. The zero-order chi connectivity index (χ0) is 11.8. The summed E-state index contributed by atoms with van der Waals surface area (Å²) < 4.78 is 6.48. The lowest BCUT2D eigenvalue weighted by atomic mass is 10.3. The molecule has 2 aromatic heterocycles. The summed E-state index contributed by atoms with van der Waals surface area (Å²) in [6.45, 7) is 0.417. The highest BCUT2D eigenvalue weighted by molar-refractivity contribution is 6.31. The van der Waals surface area contributed by atoms with Crippen LogP contribution in [0.5, 0.6) is 0 Å². The minimum atomic E-state index is 0.395. The monoisotopic (exact) mass is 249 g/mol. The smallest absolute Gasteiger partial charge is 0.213 e. The standard InChI is InChI=1S/C10H8ClN5O/c11-6-1-2-8-7(3-6)14-10(12)16(8)4-9-13-5-17-15-9/h1-3,5H,4H2,(H2,12,14). The number of rotatable bonds is 2. The number of benzene rings is 1. The summed E-state index contributed by atoms with van der Waals surface area (Å²) in [6, 6.07) is 5.42. The summed E-state index contributed by atoms with van der Waals surface area (Å²) in [4.78, 5) is 8.17. The molecule has 0 saturated heterocycles. The first-order valence-corrected chi connectivity index (χ1v) is 5.28. The van der Waals surface area contributed by atoms with Crippen LogP contribution in [-0.2, 0) is 6.54 Å². The number of imidazole rings is 1. The summed E-state index contributed by atoms with van der Waals surface area (Å²) in [5.74, 6) is 0.943. The van der Waals surface area contributed by atoms with Gasteiger partial charge in [0.2, 0.25) is 12.3 Å². The Labute approximate surface area is 101 Å². The van der Waals surface area contributed by atoms with Gasteiger partial charge in [0.05, 0.1) is 17.6 Å². The van der Waals surface area contributed by atoms with Gasteiger partial charge in [-0.2, -0.15) is 4.98 Å². The molecule has 17 heavy (non-hydrogen) atoms. The van der Waals surface area contributed by atoms with Crippen molar-refractivity contribution in [2.24, 2.45) is 0 Å². The van der Waals surface area contributed by atoms with Crippen molar-refractivity contribution < 1.29 is 4.52 Å². The Bertz CT molecular complexity index is 661. The fraction of sp³-hybridized carbons (Fsp3) is 0.100. The van der Waals surface area contributed by atoms with E-state index in [0.717, 1.165) is 11.0 Å². The molecule has 0 amide bonds. The van der Waals surface area contributed by atoms with E-state index in [0.29, 0.717) is 23.3 Å². The van der Waals surface area contributed by atoms with Crippen molar-refractivity contribution in [3.8, 4) is 0 Å². The molecule has 2 N–H and O–H groups in total. The molecule has 7 heteroatoms. The van der Waals surface area contributed by atoms with Gasteiger partial charge >= 0.3 is 0 Å². The van der Waals surface area contributed by atoms with E-state index >= 15 is 0 Å². The van der Waals surface area contributed by atoms with Crippen molar-refractivity contribution in [1.29, 1.82) is 0 Å². The number of anilines is 1. The first-order valence-electron chi connectivity index (χ1n) is 4.90. The van der Waals surface area contributed by atoms with E-state index in [9.17, 15) is 0 Å². The molecule has 3 rings (SSSR count). The molecule has 0 aliphatic rings. The van der Waals surface area contributed by atoms with Gasteiger partial charge in [-0.3, -0.25) is 0 Å². The molecule has 6 nitrogen and oxygen atoms in total. The number of nitrogens with two attached hydrogens (primary N) is 1. The highest BCUT2D eigenvalue weighted by Gasteiger charge is 2.10. The summed E-state index contributed by atoms with van der Waals surface area (Å²) in [7, 11) is 0. The van der Waals surface area contributed by atoms with Crippen LogP contribution in [0.15, 0.2) is 29.1 Å². The van der Waals surface area contributed by atoms with Crippen molar-refractivity contribution in [1.82, 2.24) is 19.7 Å². The molecule has 0 spiro atoms. The molecule has 0 fully saturated rings. The third-order valence-corrected chi connectivity index (χ3v) is 2.68. The quantitative estimate of drug-likeness (QED) is 0.747. The summed E-state index contributed by atoms with van der Waals surface area (Å²) in [5.41, 5.74) is 7.48. The van der Waals surface area contributed by atoms with Gasteiger partial charge in [0.15, 0.2) is 5.82 Å². The molecular weight excluding hydrogens is 242 g/mol. The second kappa shape index (κ2) is 3.74. The highest BCUT2D eigenvalue weighted by Crippen LogP contribution is 2.22. The first kappa shape index (κ1) is 10.1. The lowest BCUT2D eigenvalue weighted by Gasteiger charge is -2.02. The van der Waals surface area contributed by atoms with Crippen LogP contribution in [0.3, 0.4) is 0 Å². The fourth-order valence-corrected chi connectivity index (χ4v) is 1.86. The molecular formula is C10H8ClN5O. The second-order valence-corrected chi connectivity index (χ2v) is 3.97. The van der Waals surface area contributed by atoms with Crippen LogP contribution in [0.4, 0.5) is 5.95 Å². The normalized spacial score (nSPS) is 11.1. The molecule has 0 radical (unpaired) electrons. The number of hydrogen-bond acceptors (Lipinski definition) is 5. The van der Waals surface area contributed by atoms with Gasteiger partial charge in [0.1, 0.15) is 0 Å². The predicted molar refractivity (Wildman–Crippen MR) is 62.6 cm³/mol. The van der Waals surface area contributed by atoms with Gasteiger partial charge < -0.3 is 14.8 Å². The van der Waals surface area contributed by atoms with Gasteiger partial charge in [0, 0.05) is 5.02 Å². The van der Waals surface area contributed by atoms with E-state index in [2.05, 4.69) is 19.6 Å². The van der Waals surface area contributed by atoms with E-state index < -0.39 is 0 Å². The SMILES string of the molecule is Nc1nc2cc(Cl)ccc2n1Cc1ncon1. The molecule has 0 saturated carbocycles. The molecule has 0 atom stereocenters. The maximum atomic E-state index is 5.89. The van der Waals surface area contributed by atoms with E-state index in [1.54, 1.807) is 16.7 Å². The van der Waals surface area contributed by atoms with Crippen molar-refractivity contribution in [3.05, 3.63) is 35.4 Å². The van der Waals surface area contributed by atoms with Gasteiger partial charge in [-0.15, -0.1) is 0 Å². The third kappa shape index (κ3) is 1.72. The Morgan fingerprint density at radius 1 is 1.41 bits per heavy atom. The van der Waals surface area contributed by atoms with E-state index in [4.69, 9.17) is 17.3 Å². The molecule has 0 aliphatic heterocycles. The van der Waals surface area contributed by atoms with Gasteiger partial charge in [-0.1, -0.05) is 16.8 Å². The number of hydrogen-bond donors (Lipinski definition) is 1. The molecule has 3 aromatic rings. The van der Waals surface area contributed by atoms with Crippen molar-refractivity contribution in [2.75, 3.05) is 5.73 Å². The van der Waals surface area contributed by atoms with Crippen molar-refractivity contribution in [2.45, 2.75) is 6.54 Å². The predicted octanol–water partition coefficient (Wildman–Crippen LogP) is 1.70. The van der Waals surface area contributed by atoms with E-state index in [-0.39, 0.29) is 0 Å². The van der Waals surface area contributed by atoms with Crippen LogP contribution >= 0.6 is 11.6 Å². The van der Waals surface area contributed by atoms with Gasteiger partial charge in [-0.05, 0) is 18.2 Å². The summed E-state index contributed by atoms with van der Waals surface area (Å²) in [6.07, 6.45) is 1.28. The van der Waals surface area contributed by atoms with Gasteiger partial charge in [-0.25, -0.2) is 4.98 Å². The Morgan fingerprint density at radius 3 is 3.06 bits per heavy atom.